The first-order valence-electron chi connectivity index (χ1n) is 8.98. The molecule has 0 N–H and O–H groups in total. The minimum Gasteiger partial charge on any atom is -0.303 e. The number of hydrogen-bond acceptors (Lipinski definition) is 4. The molecule has 1 aromatic carbocycles. The van der Waals surface area contributed by atoms with Gasteiger partial charge in [0, 0.05) is 26.1 Å². The average Bonchev–Trinajstić information content (AvgIpc) is 3.15. The average molecular weight is 327 g/mol. The number of likely N-dealkylation sites (N-methyl/N-ethyl adjacent to an activating group) is 1. The van der Waals surface area contributed by atoms with E-state index in [4.69, 9.17) is 0 Å². The second kappa shape index (κ2) is 5.97. The Labute approximate surface area is 143 Å². The minimum absolute atomic E-state index is 0.00705. The smallest absolute Gasteiger partial charge is 0.250 e. The van der Waals surface area contributed by atoms with Gasteiger partial charge in [0.15, 0.2) is 0 Å². The van der Waals surface area contributed by atoms with Gasteiger partial charge in [-0.1, -0.05) is 43.2 Å². The van der Waals surface area contributed by atoms with Gasteiger partial charge in [-0.3, -0.25) is 9.59 Å². The Kier molecular flexibility index (Phi) is 3.93. The normalized spacial score (nSPS) is 28.2. The van der Waals surface area contributed by atoms with Crippen molar-refractivity contribution in [3.05, 3.63) is 35.9 Å². The van der Waals surface area contributed by atoms with Crippen molar-refractivity contribution < 1.29 is 9.59 Å². The lowest BCUT2D eigenvalue weighted by atomic mass is 9.85. The molecule has 24 heavy (non-hydrogen) atoms. The molecule has 1 aliphatic carbocycles. The van der Waals surface area contributed by atoms with E-state index in [1.807, 2.05) is 23.2 Å². The molecule has 5 nitrogen and oxygen atoms in total. The quantitative estimate of drug-likeness (QED) is 0.781. The summed E-state index contributed by atoms with van der Waals surface area (Å²) in [5, 5.41) is 3.54. The van der Waals surface area contributed by atoms with Gasteiger partial charge in [0.25, 0.3) is 5.91 Å². The van der Waals surface area contributed by atoms with E-state index in [1.165, 1.54) is 5.01 Å². The van der Waals surface area contributed by atoms with Gasteiger partial charge in [-0.25, -0.2) is 10.0 Å². The fourth-order valence-electron chi connectivity index (χ4n) is 4.58. The van der Waals surface area contributed by atoms with Crippen molar-refractivity contribution in [3.8, 4) is 0 Å². The van der Waals surface area contributed by atoms with Crippen LogP contribution in [0.1, 0.15) is 43.7 Å². The molecule has 1 unspecified atom stereocenters. The van der Waals surface area contributed by atoms with Crippen LogP contribution in [-0.4, -0.2) is 53.4 Å². The maximum Gasteiger partial charge on any atom is 0.250 e. The largest absolute Gasteiger partial charge is 0.303 e. The van der Waals surface area contributed by atoms with Crippen LogP contribution in [-0.2, 0) is 9.59 Å². The molecule has 2 amide bonds. The standard InChI is InChI=1S/C19H25N3O2/c1-20-11-12-21(16(14-20)15-7-3-2-4-8-15)22-17(23)13-19(18(22)24)9-5-6-10-19/h2-4,7-8,16H,5-6,9-14H2,1H3. The molecule has 1 aromatic rings. The third-order valence-corrected chi connectivity index (χ3v) is 5.93. The monoisotopic (exact) mass is 327 g/mol. The van der Waals surface area contributed by atoms with Crippen LogP contribution in [0.5, 0.6) is 0 Å². The number of amides is 2. The van der Waals surface area contributed by atoms with E-state index in [9.17, 15) is 9.59 Å². The van der Waals surface area contributed by atoms with E-state index in [2.05, 4.69) is 24.1 Å². The van der Waals surface area contributed by atoms with Crippen molar-refractivity contribution in [1.29, 1.82) is 0 Å². The molecule has 4 rings (SSSR count). The molecule has 1 spiro atoms. The summed E-state index contributed by atoms with van der Waals surface area (Å²) in [5.41, 5.74) is 0.763. The Balaban J connectivity index is 1.66. The van der Waals surface area contributed by atoms with Crippen LogP contribution >= 0.6 is 0 Å². The summed E-state index contributed by atoms with van der Waals surface area (Å²) in [5.74, 6) is 0.0443. The summed E-state index contributed by atoms with van der Waals surface area (Å²) in [6.07, 6.45) is 4.28. The molecular weight excluding hydrogens is 302 g/mol. The highest BCUT2D eigenvalue weighted by Crippen LogP contribution is 2.48. The summed E-state index contributed by atoms with van der Waals surface area (Å²) in [6.45, 7) is 2.41. The second-order valence-electron chi connectivity index (χ2n) is 7.53. The van der Waals surface area contributed by atoms with Crippen molar-refractivity contribution in [3.63, 3.8) is 0 Å². The summed E-state index contributed by atoms with van der Waals surface area (Å²) in [6, 6.07) is 10.3. The number of piperazine rings is 1. The number of nitrogens with zero attached hydrogens (tertiary/aromatic N) is 3. The van der Waals surface area contributed by atoms with Crippen molar-refractivity contribution in [1.82, 2.24) is 14.9 Å². The molecule has 2 saturated heterocycles. The highest BCUT2D eigenvalue weighted by atomic mass is 16.2. The molecule has 1 saturated carbocycles. The molecular formula is C19H25N3O2. The molecule has 5 heteroatoms. The molecule has 0 aromatic heterocycles. The minimum atomic E-state index is -0.401. The van der Waals surface area contributed by atoms with Crippen LogP contribution in [0.15, 0.2) is 30.3 Å². The maximum atomic E-state index is 13.1. The van der Waals surface area contributed by atoms with Crippen LogP contribution in [0, 0.1) is 5.41 Å². The number of carbonyl (C=O) groups excluding carboxylic acids is 2. The van der Waals surface area contributed by atoms with Gasteiger partial charge in [0.2, 0.25) is 5.91 Å². The van der Waals surface area contributed by atoms with Crippen molar-refractivity contribution in [2.45, 2.75) is 38.1 Å². The van der Waals surface area contributed by atoms with Crippen LogP contribution in [0.3, 0.4) is 0 Å². The predicted octanol–water partition coefficient (Wildman–Crippen LogP) is 2.21. The van der Waals surface area contributed by atoms with Gasteiger partial charge in [0.05, 0.1) is 11.5 Å². The summed E-state index contributed by atoms with van der Waals surface area (Å²) in [7, 11) is 2.10. The number of hydrazine groups is 1. The molecule has 1 atom stereocenters. The van der Waals surface area contributed by atoms with Gasteiger partial charge < -0.3 is 4.90 Å². The summed E-state index contributed by atoms with van der Waals surface area (Å²) < 4.78 is 0. The topological polar surface area (TPSA) is 43.9 Å². The van der Waals surface area contributed by atoms with E-state index in [0.717, 1.165) is 44.3 Å². The number of imide groups is 1. The van der Waals surface area contributed by atoms with Gasteiger partial charge in [-0.05, 0) is 25.5 Å². The molecule has 3 aliphatic rings. The fourth-order valence-corrected chi connectivity index (χ4v) is 4.58. The second-order valence-corrected chi connectivity index (χ2v) is 7.53. The Morgan fingerprint density at radius 2 is 1.75 bits per heavy atom. The van der Waals surface area contributed by atoms with E-state index in [-0.39, 0.29) is 17.9 Å². The maximum absolute atomic E-state index is 13.1. The first-order chi connectivity index (χ1) is 11.6. The summed E-state index contributed by atoms with van der Waals surface area (Å²) in [4.78, 5) is 28.2. The lowest BCUT2D eigenvalue weighted by molar-refractivity contribution is -0.169. The zero-order valence-electron chi connectivity index (χ0n) is 14.3. The fraction of sp³-hybridized carbons (Fsp3) is 0.579. The van der Waals surface area contributed by atoms with Gasteiger partial charge >= 0.3 is 0 Å². The lowest BCUT2D eigenvalue weighted by Crippen LogP contribution is -2.56. The van der Waals surface area contributed by atoms with Gasteiger partial charge in [-0.15, -0.1) is 0 Å². The third kappa shape index (κ3) is 2.47. The van der Waals surface area contributed by atoms with Crippen molar-refractivity contribution in [2.24, 2.45) is 5.41 Å². The third-order valence-electron chi connectivity index (χ3n) is 5.93. The van der Waals surface area contributed by atoms with E-state index in [0.29, 0.717) is 13.0 Å². The Morgan fingerprint density at radius 1 is 1.04 bits per heavy atom. The number of benzene rings is 1. The molecule has 2 heterocycles. The lowest BCUT2D eigenvalue weighted by Gasteiger charge is -2.44. The number of carbonyl (C=O) groups is 2. The molecule has 0 radical (unpaired) electrons. The molecule has 2 aliphatic heterocycles. The first-order valence-corrected chi connectivity index (χ1v) is 8.98. The molecule has 128 valence electrons. The Hall–Kier alpha value is -1.72. The predicted molar refractivity (Wildman–Crippen MR) is 90.8 cm³/mol. The first kappa shape index (κ1) is 15.8. The number of rotatable bonds is 2. The van der Waals surface area contributed by atoms with Crippen molar-refractivity contribution >= 4 is 11.8 Å². The van der Waals surface area contributed by atoms with Crippen LogP contribution in [0.2, 0.25) is 0 Å². The highest BCUT2D eigenvalue weighted by Gasteiger charge is 2.55. The zero-order chi connectivity index (χ0) is 16.7. The van der Waals surface area contributed by atoms with Gasteiger partial charge in [-0.2, -0.15) is 0 Å². The van der Waals surface area contributed by atoms with Crippen LogP contribution in [0.25, 0.3) is 0 Å². The zero-order valence-corrected chi connectivity index (χ0v) is 14.3. The Morgan fingerprint density at radius 3 is 2.46 bits per heavy atom. The highest BCUT2D eigenvalue weighted by molar-refractivity contribution is 6.05. The van der Waals surface area contributed by atoms with Crippen LogP contribution in [0.4, 0.5) is 0 Å². The Bertz CT molecular complexity index is 639. The molecule has 0 bridgehead atoms. The van der Waals surface area contributed by atoms with Crippen molar-refractivity contribution in [2.75, 3.05) is 26.7 Å². The van der Waals surface area contributed by atoms with E-state index in [1.54, 1.807) is 0 Å². The number of hydrogen-bond donors (Lipinski definition) is 0. The SMILES string of the molecule is CN1CCN(N2C(=O)CC3(CCCC3)C2=O)C(c2ccccc2)C1. The van der Waals surface area contributed by atoms with Gasteiger partial charge in [0.1, 0.15) is 0 Å². The summed E-state index contributed by atoms with van der Waals surface area (Å²) >= 11 is 0. The van der Waals surface area contributed by atoms with E-state index >= 15 is 0 Å². The van der Waals surface area contributed by atoms with Crippen LogP contribution < -0.4 is 0 Å². The van der Waals surface area contributed by atoms with E-state index < -0.39 is 5.41 Å². The molecule has 3 fully saturated rings.